The quantitative estimate of drug-likeness (QED) is 0.119. The Labute approximate surface area is 216 Å². The van der Waals surface area contributed by atoms with Gasteiger partial charge in [-0.2, -0.15) is 0 Å². The number of primary amides is 1. The molecule has 15 nitrogen and oxygen atoms in total. The van der Waals surface area contributed by atoms with E-state index in [4.69, 9.17) is 16.6 Å². The monoisotopic (exact) mass is 531 g/mol. The highest BCUT2D eigenvalue weighted by molar-refractivity contribution is 5.96. The highest BCUT2D eigenvalue weighted by Gasteiger charge is 2.32. The van der Waals surface area contributed by atoms with Crippen molar-refractivity contribution in [1.82, 2.24) is 25.9 Å². The second-order valence-corrected chi connectivity index (χ2v) is 8.37. The van der Waals surface area contributed by atoms with E-state index in [1.165, 1.54) is 12.5 Å². The van der Waals surface area contributed by atoms with Gasteiger partial charge in [-0.3, -0.25) is 24.0 Å². The third-order valence-electron chi connectivity index (χ3n) is 5.28. The van der Waals surface area contributed by atoms with Crippen molar-refractivity contribution < 1.29 is 39.0 Å². The molecule has 0 bridgehead atoms. The average Bonchev–Trinajstić information content (AvgIpc) is 3.35. The van der Waals surface area contributed by atoms with Gasteiger partial charge in [-0.05, 0) is 5.56 Å². The minimum atomic E-state index is -1.59. The minimum absolute atomic E-state index is 0.0333. The highest BCUT2D eigenvalue weighted by Crippen LogP contribution is 2.06. The Hall–Kier alpha value is -4.79. The van der Waals surface area contributed by atoms with Crippen molar-refractivity contribution in [3.05, 3.63) is 54.1 Å². The lowest BCUT2D eigenvalue weighted by Gasteiger charge is -2.24. The lowest BCUT2D eigenvalue weighted by molar-refractivity contribution is -0.142. The van der Waals surface area contributed by atoms with Gasteiger partial charge in [0.1, 0.15) is 18.1 Å². The maximum Gasteiger partial charge on any atom is 0.326 e. The van der Waals surface area contributed by atoms with Gasteiger partial charge >= 0.3 is 11.9 Å². The van der Waals surface area contributed by atoms with Crippen LogP contribution in [-0.4, -0.2) is 79.9 Å². The zero-order chi connectivity index (χ0) is 28.2. The summed E-state index contributed by atoms with van der Waals surface area (Å²) in [5, 5.41) is 25.4. The first-order valence-corrected chi connectivity index (χ1v) is 11.4. The summed E-state index contributed by atoms with van der Waals surface area (Å²) in [5.74, 6) is -6.53. The molecule has 0 aliphatic rings. The predicted octanol–water partition coefficient (Wildman–Crippen LogP) is -2.59. The van der Waals surface area contributed by atoms with Gasteiger partial charge in [0.25, 0.3) is 0 Å². The number of hydrogen-bond donors (Lipinski definition) is 8. The number of imidazole rings is 1. The van der Waals surface area contributed by atoms with Crippen LogP contribution in [0.2, 0.25) is 0 Å². The van der Waals surface area contributed by atoms with E-state index in [0.717, 1.165) is 0 Å². The smallest absolute Gasteiger partial charge is 0.326 e. The van der Waals surface area contributed by atoms with Gasteiger partial charge in [0, 0.05) is 24.7 Å². The molecular formula is C23H29N7O8. The molecule has 4 unspecified atom stereocenters. The molecule has 1 aromatic carbocycles. The summed E-state index contributed by atoms with van der Waals surface area (Å²) >= 11 is 0. The van der Waals surface area contributed by atoms with Crippen molar-refractivity contribution in [2.24, 2.45) is 11.5 Å². The number of carbonyl (C=O) groups excluding carboxylic acids is 4. The fourth-order valence-electron chi connectivity index (χ4n) is 3.39. The summed E-state index contributed by atoms with van der Waals surface area (Å²) in [5.41, 5.74) is 11.8. The molecular weight excluding hydrogens is 502 g/mol. The van der Waals surface area contributed by atoms with Gasteiger partial charge in [-0.25, -0.2) is 9.78 Å². The van der Waals surface area contributed by atoms with Crippen molar-refractivity contribution >= 4 is 35.6 Å². The first-order chi connectivity index (χ1) is 18.0. The molecule has 0 saturated carbocycles. The fourth-order valence-corrected chi connectivity index (χ4v) is 3.39. The Balaban J connectivity index is 2.21. The number of nitrogens with two attached hydrogens (primary N) is 2. The van der Waals surface area contributed by atoms with Gasteiger partial charge in [-0.1, -0.05) is 30.3 Å². The lowest BCUT2D eigenvalue weighted by Crippen LogP contribution is -2.58. The van der Waals surface area contributed by atoms with Gasteiger partial charge in [0.2, 0.25) is 23.6 Å². The Bertz CT molecular complexity index is 1140. The van der Waals surface area contributed by atoms with E-state index in [0.29, 0.717) is 11.3 Å². The van der Waals surface area contributed by atoms with Crippen molar-refractivity contribution in [2.45, 2.75) is 49.9 Å². The number of benzene rings is 1. The van der Waals surface area contributed by atoms with Gasteiger partial charge in [-0.15, -0.1) is 0 Å². The Kier molecular flexibility index (Phi) is 10.9. The van der Waals surface area contributed by atoms with Crippen LogP contribution in [0.25, 0.3) is 0 Å². The minimum Gasteiger partial charge on any atom is -0.481 e. The molecule has 0 aliphatic heterocycles. The van der Waals surface area contributed by atoms with Crippen LogP contribution in [0.1, 0.15) is 24.1 Å². The Morgan fingerprint density at radius 2 is 1.45 bits per heavy atom. The van der Waals surface area contributed by atoms with Crippen LogP contribution in [0, 0.1) is 0 Å². The second kappa shape index (κ2) is 14.1. The third-order valence-corrected chi connectivity index (χ3v) is 5.28. The average molecular weight is 532 g/mol. The number of aromatic amines is 1. The molecule has 15 heteroatoms. The molecule has 1 heterocycles. The first kappa shape index (κ1) is 29.4. The molecule has 0 radical (unpaired) electrons. The van der Waals surface area contributed by atoms with Gasteiger partial charge in [0.05, 0.1) is 25.2 Å². The zero-order valence-corrected chi connectivity index (χ0v) is 20.1. The van der Waals surface area contributed by atoms with Crippen LogP contribution in [0.5, 0.6) is 0 Å². The molecule has 4 amide bonds. The number of amides is 4. The van der Waals surface area contributed by atoms with Crippen molar-refractivity contribution in [3.8, 4) is 0 Å². The van der Waals surface area contributed by atoms with Crippen LogP contribution in [0.3, 0.4) is 0 Å². The van der Waals surface area contributed by atoms with E-state index in [2.05, 4.69) is 25.9 Å². The molecule has 2 aromatic rings. The third kappa shape index (κ3) is 9.69. The van der Waals surface area contributed by atoms with Crippen LogP contribution >= 0.6 is 0 Å². The predicted molar refractivity (Wildman–Crippen MR) is 130 cm³/mol. The summed E-state index contributed by atoms with van der Waals surface area (Å²) in [6.07, 6.45) is 1.13. The molecule has 4 atom stereocenters. The summed E-state index contributed by atoms with van der Waals surface area (Å²) in [6.45, 7) is 0. The largest absolute Gasteiger partial charge is 0.481 e. The number of H-pyrrole nitrogens is 1. The van der Waals surface area contributed by atoms with E-state index in [1.807, 2.05) is 0 Å². The number of aromatic nitrogens is 2. The SMILES string of the molecule is NC(=O)CC(NC(=O)C(N)CC(=O)O)C(=O)NC(Cc1cnc[nH]1)C(=O)NC(Cc1ccccc1)C(=O)O. The molecule has 0 spiro atoms. The molecule has 204 valence electrons. The van der Waals surface area contributed by atoms with Crippen molar-refractivity contribution in [1.29, 1.82) is 0 Å². The standard InChI is InChI=1S/C23H29N7O8/c24-14(8-19(32)33)20(34)28-16(9-18(25)31)22(36)29-15(7-13-10-26-11-27-13)21(35)30-17(23(37)38)6-12-4-2-1-3-5-12/h1-5,10-11,14-17H,6-9,24H2,(H2,25,31)(H,26,27)(H,28,34)(H,29,36)(H,30,35)(H,32,33)(H,37,38). The van der Waals surface area contributed by atoms with E-state index < -0.39 is 72.6 Å². The zero-order valence-electron chi connectivity index (χ0n) is 20.1. The summed E-state index contributed by atoms with van der Waals surface area (Å²) in [7, 11) is 0. The maximum absolute atomic E-state index is 13.1. The number of rotatable bonds is 15. The van der Waals surface area contributed by atoms with E-state index in [1.54, 1.807) is 30.3 Å². The normalized spacial score (nSPS) is 13.8. The van der Waals surface area contributed by atoms with Crippen LogP contribution in [0.4, 0.5) is 0 Å². The fraction of sp³-hybridized carbons (Fsp3) is 0.348. The number of hydrogen-bond acceptors (Lipinski definition) is 8. The molecule has 0 fully saturated rings. The molecule has 1 aromatic heterocycles. The number of carbonyl (C=O) groups is 6. The Morgan fingerprint density at radius 3 is 2.00 bits per heavy atom. The topological polar surface area (TPSA) is 260 Å². The second-order valence-electron chi connectivity index (χ2n) is 8.37. The summed E-state index contributed by atoms with van der Waals surface area (Å²) in [4.78, 5) is 79.1. The molecule has 2 rings (SSSR count). The van der Waals surface area contributed by atoms with E-state index in [-0.39, 0.29) is 12.8 Å². The van der Waals surface area contributed by atoms with Gasteiger partial charge < -0.3 is 42.6 Å². The van der Waals surface area contributed by atoms with E-state index in [9.17, 15) is 33.9 Å². The molecule has 0 saturated heterocycles. The summed E-state index contributed by atoms with van der Waals surface area (Å²) < 4.78 is 0. The van der Waals surface area contributed by atoms with Crippen LogP contribution in [0.15, 0.2) is 42.9 Å². The number of carboxylic acids is 2. The number of carboxylic acid groups (broad SMARTS) is 2. The maximum atomic E-state index is 13.1. The number of nitrogens with zero attached hydrogens (tertiary/aromatic N) is 1. The number of nitrogens with one attached hydrogen (secondary N) is 4. The molecule has 10 N–H and O–H groups in total. The number of aliphatic carboxylic acids is 2. The Morgan fingerprint density at radius 1 is 0.842 bits per heavy atom. The van der Waals surface area contributed by atoms with E-state index >= 15 is 0 Å². The highest BCUT2D eigenvalue weighted by atomic mass is 16.4. The van der Waals surface area contributed by atoms with Crippen LogP contribution < -0.4 is 27.4 Å². The first-order valence-electron chi connectivity index (χ1n) is 11.4. The van der Waals surface area contributed by atoms with Crippen LogP contribution in [-0.2, 0) is 41.6 Å². The lowest BCUT2D eigenvalue weighted by atomic mass is 10.0. The molecule has 0 aliphatic carbocycles. The summed E-state index contributed by atoms with van der Waals surface area (Å²) in [6, 6.07) is 2.77. The van der Waals surface area contributed by atoms with Crippen molar-refractivity contribution in [2.75, 3.05) is 0 Å². The van der Waals surface area contributed by atoms with Gasteiger partial charge in [0.15, 0.2) is 0 Å². The van der Waals surface area contributed by atoms with Crippen molar-refractivity contribution in [3.63, 3.8) is 0 Å². The molecule has 38 heavy (non-hydrogen) atoms.